The van der Waals surface area contributed by atoms with Crippen molar-refractivity contribution in [1.29, 1.82) is 0 Å². The largest absolute Gasteiger partial charge is 0.504 e. The van der Waals surface area contributed by atoms with E-state index in [-0.39, 0.29) is 17.9 Å². The number of ether oxygens (including phenoxy) is 1. The third kappa shape index (κ3) is 3.16. The van der Waals surface area contributed by atoms with Crippen LogP contribution in [0.4, 0.5) is 0 Å². The highest BCUT2D eigenvalue weighted by molar-refractivity contribution is 5.78. The summed E-state index contributed by atoms with van der Waals surface area (Å²) in [7, 11) is 0. The molecule has 1 rings (SSSR count). The smallest absolute Gasteiger partial charge is 0.337 e. The second-order valence-electron chi connectivity index (χ2n) is 3.87. The van der Waals surface area contributed by atoms with E-state index in [2.05, 4.69) is 0 Å². The molecule has 0 bridgehead atoms. The van der Waals surface area contributed by atoms with Crippen LogP contribution in [0.1, 0.15) is 30.3 Å². The number of aliphatic carboxylic acids is 2. The fraction of sp³-hybridized carbons (Fsp3) is 0.333. The molecule has 0 heterocycles. The number of carbonyl (C=O) groups is 2. The van der Waals surface area contributed by atoms with Gasteiger partial charge in [0, 0.05) is 5.56 Å². The first-order valence-electron chi connectivity index (χ1n) is 5.60. The van der Waals surface area contributed by atoms with E-state index in [9.17, 15) is 24.9 Å². The Morgan fingerprint density at radius 3 is 2.15 bits per heavy atom. The molecule has 8 nitrogen and oxygen atoms in total. The molecule has 0 aliphatic carbocycles. The third-order valence-electron chi connectivity index (χ3n) is 2.50. The number of carboxylic acids is 2. The Hall–Kier alpha value is -2.32. The van der Waals surface area contributed by atoms with Crippen LogP contribution >= 0.6 is 0 Å². The molecule has 0 radical (unpaired) electrons. The quantitative estimate of drug-likeness (QED) is 0.492. The number of hydrogen-bond donors (Lipinski definition) is 5. The van der Waals surface area contributed by atoms with Crippen LogP contribution in [-0.4, -0.2) is 44.1 Å². The highest BCUT2D eigenvalue weighted by Gasteiger charge is 2.26. The maximum Gasteiger partial charge on any atom is 0.337 e. The van der Waals surface area contributed by atoms with Gasteiger partial charge in [-0.25, -0.2) is 9.59 Å². The van der Waals surface area contributed by atoms with Crippen LogP contribution in [0.2, 0.25) is 0 Å². The fourth-order valence-electron chi connectivity index (χ4n) is 1.56. The number of phenolic OH excluding ortho intramolecular Hbond substituents is 1. The molecule has 2 atom stereocenters. The molecule has 1 aromatic carbocycles. The number of aromatic hydroxyl groups is 1. The number of aliphatic hydroxyl groups excluding tert-OH is 2. The monoisotopic (exact) mass is 286 g/mol. The topological polar surface area (TPSA) is 145 Å². The summed E-state index contributed by atoms with van der Waals surface area (Å²) in [5.41, 5.74) is -0.673. The molecule has 110 valence electrons. The minimum Gasteiger partial charge on any atom is -0.504 e. The average molecular weight is 286 g/mol. The van der Waals surface area contributed by atoms with Gasteiger partial charge in [0.05, 0.1) is 6.61 Å². The summed E-state index contributed by atoms with van der Waals surface area (Å²) in [6.07, 6.45) is -4.01. The van der Waals surface area contributed by atoms with E-state index < -0.39 is 35.5 Å². The van der Waals surface area contributed by atoms with E-state index in [1.165, 1.54) is 0 Å². The zero-order chi connectivity index (χ0) is 15.4. The van der Waals surface area contributed by atoms with Crippen molar-refractivity contribution in [3.05, 3.63) is 23.3 Å². The third-order valence-corrected chi connectivity index (χ3v) is 2.50. The second kappa shape index (κ2) is 6.22. The van der Waals surface area contributed by atoms with Gasteiger partial charge in [-0.15, -0.1) is 0 Å². The molecule has 20 heavy (non-hydrogen) atoms. The van der Waals surface area contributed by atoms with Gasteiger partial charge in [-0.2, -0.15) is 0 Å². The maximum atomic E-state index is 10.8. The second-order valence-corrected chi connectivity index (χ2v) is 3.87. The van der Waals surface area contributed by atoms with E-state index in [0.717, 1.165) is 12.1 Å². The lowest BCUT2D eigenvalue weighted by atomic mass is 10.0. The predicted octanol–water partition coefficient (Wildman–Crippen LogP) is 0.0269. The zero-order valence-electron chi connectivity index (χ0n) is 10.5. The van der Waals surface area contributed by atoms with Crippen molar-refractivity contribution in [2.75, 3.05) is 6.61 Å². The summed E-state index contributed by atoms with van der Waals surface area (Å²) < 4.78 is 5.02. The minimum atomic E-state index is -2.07. The Morgan fingerprint density at radius 2 is 1.70 bits per heavy atom. The van der Waals surface area contributed by atoms with Crippen molar-refractivity contribution in [1.82, 2.24) is 0 Å². The summed E-state index contributed by atoms with van der Waals surface area (Å²) in [5.74, 6) is -4.04. The van der Waals surface area contributed by atoms with Crippen LogP contribution in [-0.2, 0) is 9.59 Å². The molecule has 0 fully saturated rings. The van der Waals surface area contributed by atoms with Crippen LogP contribution in [0, 0.1) is 0 Å². The number of carboxylic acid groups (broad SMARTS) is 2. The van der Waals surface area contributed by atoms with Gasteiger partial charge in [-0.1, -0.05) is 0 Å². The zero-order valence-corrected chi connectivity index (χ0v) is 10.5. The van der Waals surface area contributed by atoms with Crippen LogP contribution in [0.25, 0.3) is 0 Å². The highest BCUT2D eigenvalue weighted by Crippen LogP contribution is 2.37. The molecular weight excluding hydrogens is 272 g/mol. The number of phenols is 1. The molecule has 0 saturated carbocycles. The molecule has 0 aromatic heterocycles. The summed E-state index contributed by atoms with van der Waals surface area (Å²) in [5, 5.41) is 46.2. The molecule has 2 unspecified atom stereocenters. The first-order chi connectivity index (χ1) is 9.29. The number of aliphatic hydroxyl groups is 2. The van der Waals surface area contributed by atoms with Gasteiger partial charge in [0.25, 0.3) is 0 Å². The van der Waals surface area contributed by atoms with Gasteiger partial charge in [0.1, 0.15) is 0 Å². The lowest BCUT2D eigenvalue weighted by Gasteiger charge is -2.16. The molecule has 0 amide bonds. The first kappa shape index (κ1) is 15.7. The lowest BCUT2D eigenvalue weighted by Crippen LogP contribution is -2.15. The molecule has 0 aliphatic heterocycles. The van der Waals surface area contributed by atoms with E-state index in [4.69, 9.17) is 14.9 Å². The Kier molecular flexibility index (Phi) is 4.89. The van der Waals surface area contributed by atoms with Crippen molar-refractivity contribution in [2.45, 2.75) is 19.1 Å². The van der Waals surface area contributed by atoms with Gasteiger partial charge < -0.3 is 30.3 Å². The summed E-state index contributed by atoms with van der Waals surface area (Å²) >= 11 is 0. The van der Waals surface area contributed by atoms with Gasteiger partial charge >= 0.3 is 11.9 Å². The van der Waals surface area contributed by atoms with Gasteiger partial charge in [-0.3, -0.25) is 0 Å². The molecule has 0 spiro atoms. The number of rotatable bonds is 6. The molecule has 8 heteroatoms. The SMILES string of the molecule is CCOc1cc(C(O)C(=O)O)cc(C(O)C(=O)O)c1O. The van der Waals surface area contributed by atoms with Crippen molar-refractivity contribution < 1.29 is 39.9 Å². The fourth-order valence-corrected chi connectivity index (χ4v) is 1.56. The van der Waals surface area contributed by atoms with Crippen LogP contribution in [0.3, 0.4) is 0 Å². The normalized spacial score (nSPS) is 13.6. The van der Waals surface area contributed by atoms with Gasteiger partial charge in [0.15, 0.2) is 23.7 Å². The Balaban J connectivity index is 3.42. The Labute approximate surface area is 113 Å². The number of hydrogen-bond acceptors (Lipinski definition) is 6. The van der Waals surface area contributed by atoms with E-state index >= 15 is 0 Å². The van der Waals surface area contributed by atoms with E-state index in [0.29, 0.717) is 0 Å². The van der Waals surface area contributed by atoms with Crippen molar-refractivity contribution in [3.8, 4) is 11.5 Å². The van der Waals surface area contributed by atoms with Crippen molar-refractivity contribution in [2.24, 2.45) is 0 Å². The van der Waals surface area contributed by atoms with Crippen LogP contribution in [0.5, 0.6) is 11.5 Å². The van der Waals surface area contributed by atoms with Gasteiger partial charge in [0.2, 0.25) is 0 Å². The average Bonchev–Trinajstić information content (AvgIpc) is 2.39. The summed E-state index contributed by atoms with van der Waals surface area (Å²) in [4.78, 5) is 21.5. The molecule has 5 N–H and O–H groups in total. The van der Waals surface area contributed by atoms with E-state index in [1.54, 1.807) is 6.92 Å². The number of benzene rings is 1. The standard InChI is InChI=1S/C12H14O8/c1-2-20-7-4-5(8(13)11(16)17)3-6(9(7)14)10(15)12(18)19/h3-4,8,10,13-15H,2H2,1H3,(H,16,17)(H,18,19). The maximum absolute atomic E-state index is 10.8. The summed E-state index contributed by atoms with van der Waals surface area (Å²) in [6.45, 7) is 1.70. The Morgan fingerprint density at radius 1 is 1.15 bits per heavy atom. The molecule has 0 aliphatic rings. The van der Waals surface area contributed by atoms with Crippen LogP contribution in [0.15, 0.2) is 12.1 Å². The van der Waals surface area contributed by atoms with Crippen molar-refractivity contribution in [3.63, 3.8) is 0 Å². The predicted molar refractivity (Wildman–Crippen MR) is 64.5 cm³/mol. The summed E-state index contributed by atoms with van der Waals surface area (Å²) in [6, 6.07) is 1.96. The Bertz CT molecular complexity index is 524. The highest BCUT2D eigenvalue weighted by atomic mass is 16.5. The van der Waals surface area contributed by atoms with Crippen molar-refractivity contribution >= 4 is 11.9 Å². The van der Waals surface area contributed by atoms with Gasteiger partial charge in [-0.05, 0) is 24.6 Å². The van der Waals surface area contributed by atoms with Crippen LogP contribution < -0.4 is 4.74 Å². The van der Waals surface area contributed by atoms with E-state index in [1.807, 2.05) is 0 Å². The lowest BCUT2D eigenvalue weighted by molar-refractivity contribution is -0.147. The molecular formula is C12H14O8. The first-order valence-corrected chi connectivity index (χ1v) is 5.60. The molecule has 1 aromatic rings. The molecule has 0 saturated heterocycles. The minimum absolute atomic E-state index is 0.114.